The minimum Gasteiger partial charge on any atom is -0.468 e. The Labute approximate surface area is 135 Å². The minimum atomic E-state index is -1.03. The molecule has 2 unspecified atom stereocenters. The van der Waals surface area contributed by atoms with Gasteiger partial charge in [0.1, 0.15) is 11.8 Å². The fourth-order valence-electron chi connectivity index (χ4n) is 2.83. The van der Waals surface area contributed by atoms with Crippen molar-refractivity contribution in [2.75, 3.05) is 13.7 Å². The maximum absolute atomic E-state index is 12.3. The van der Waals surface area contributed by atoms with Crippen molar-refractivity contribution in [3.05, 3.63) is 47.5 Å². The van der Waals surface area contributed by atoms with Gasteiger partial charge in [-0.15, -0.1) is 0 Å². The highest BCUT2D eigenvalue weighted by Crippen LogP contribution is 2.36. The number of hydrogen-bond donors (Lipinski definition) is 0. The lowest BCUT2D eigenvalue weighted by molar-refractivity contribution is -0.150. The predicted molar refractivity (Wildman–Crippen MR) is 83.6 cm³/mol. The number of rotatable bonds is 5. The molecule has 0 spiro atoms. The third kappa shape index (κ3) is 3.67. The Bertz CT molecular complexity index is 618. The summed E-state index contributed by atoms with van der Waals surface area (Å²) in [5.41, 5.74) is 1.15. The highest BCUT2D eigenvalue weighted by Gasteiger charge is 2.40. The van der Waals surface area contributed by atoms with E-state index in [9.17, 15) is 14.4 Å². The van der Waals surface area contributed by atoms with Crippen molar-refractivity contribution in [1.82, 2.24) is 0 Å². The Kier molecular flexibility index (Phi) is 5.68. The molecule has 1 aromatic rings. The first-order valence-electron chi connectivity index (χ1n) is 7.62. The van der Waals surface area contributed by atoms with Gasteiger partial charge in [0.05, 0.1) is 13.7 Å². The second-order valence-corrected chi connectivity index (χ2v) is 5.26. The molecule has 1 aromatic carbocycles. The third-order valence-electron chi connectivity index (χ3n) is 3.85. The number of allylic oxidation sites excluding steroid dienone is 1. The van der Waals surface area contributed by atoms with Crippen LogP contribution in [0.25, 0.3) is 0 Å². The first-order valence-corrected chi connectivity index (χ1v) is 7.62. The Morgan fingerprint density at radius 3 is 2.57 bits per heavy atom. The van der Waals surface area contributed by atoms with Crippen molar-refractivity contribution in [2.24, 2.45) is 5.92 Å². The van der Waals surface area contributed by atoms with E-state index in [2.05, 4.69) is 0 Å². The second-order valence-electron chi connectivity index (χ2n) is 5.26. The number of Topliss-reactive ketones (excluding diaryl/α,β-unsaturated/α-hetero) is 1. The molecule has 0 heterocycles. The van der Waals surface area contributed by atoms with Crippen molar-refractivity contribution in [3.63, 3.8) is 0 Å². The number of benzene rings is 1. The van der Waals surface area contributed by atoms with Crippen LogP contribution in [-0.4, -0.2) is 31.4 Å². The van der Waals surface area contributed by atoms with E-state index in [4.69, 9.17) is 9.47 Å². The van der Waals surface area contributed by atoms with E-state index in [1.54, 1.807) is 37.3 Å². The summed E-state index contributed by atoms with van der Waals surface area (Å²) in [5.74, 6) is -3.13. The van der Waals surface area contributed by atoms with Crippen LogP contribution in [0.4, 0.5) is 0 Å². The van der Waals surface area contributed by atoms with Crippen molar-refractivity contribution in [2.45, 2.75) is 25.7 Å². The summed E-state index contributed by atoms with van der Waals surface area (Å²) in [4.78, 5) is 36.8. The average Bonchev–Trinajstić information content (AvgIpc) is 2.56. The van der Waals surface area contributed by atoms with Gasteiger partial charge in [-0.2, -0.15) is 0 Å². The third-order valence-corrected chi connectivity index (χ3v) is 3.85. The molecule has 2 rings (SSSR count). The average molecular weight is 316 g/mol. The van der Waals surface area contributed by atoms with E-state index in [0.717, 1.165) is 0 Å². The van der Waals surface area contributed by atoms with Crippen LogP contribution in [-0.2, 0) is 23.9 Å². The molecular weight excluding hydrogens is 296 g/mol. The Balaban J connectivity index is 2.46. The SMILES string of the molecule is CCOC(=O)C1C(=O)CCC=C1C(C(=O)OC)c1ccccc1. The molecule has 0 saturated heterocycles. The van der Waals surface area contributed by atoms with Crippen molar-refractivity contribution >= 4 is 17.7 Å². The molecule has 0 N–H and O–H groups in total. The zero-order valence-electron chi connectivity index (χ0n) is 13.3. The zero-order chi connectivity index (χ0) is 16.8. The topological polar surface area (TPSA) is 69.7 Å². The maximum Gasteiger partial charge on any atom is 0.320 e. The van der Waals surface area contributed by atoms with Gasteiger partial charge in [-0.25, -0.2) is 0 Å². The minimum absolute atomic E-state index is 0.185. The predicted octanol–water partition coefficient (Wildman–Crippen LogP) is 2.41. The Hall–Kier alpha value is -2.43. The van der Waals surface area contributed by atoms with Gasteiger partial charge in [-0.1, -0.05) is 36.4 Å². The number of carbonyl (C=O) groups is 3. The van der Waals surface area contributed by atoms with Crippen LogP contribution < -0.4 is 0 Å². The van der Waals surface area contributed by atoms with Gasteiger partial charge < -0.3 is 9.47 Å². The quantitative estimate of drug-likeness (QED) is 0.474. The highest BCUT2D eigenvalue weighted by atomic mass is 16.5. The van der Waals surface area contributed by atoms with Gasteiger partial charge in [0, 0.05) is 6.42 Å². The Morgan fingerprint density at radius 2 is 1.96 bits per heavy atom. The van der Waals surface area contributed by atoms with E-state index in [1.807, 2.05) is 6.07 Å². The molecular formula is C18H20O5. The molecule has 23 heavy (non-hydrogen) atoms. The van der Waals surface area contributed by atoms with E-state index >= 15 is 0 Å². The van der Waals surface area contributed by atoms with Gasteiger partial charge in [0.25, 0.3) is 0 Å². The molecule has 0 radical (unpaired) electrons. The van der Waals surface area contributed by atoms with Crippen LogP contribution in [0.15, 0.2) is 42.0 Å². The molecule has 5 nitrogen and oxygen atoms in total. The number of hydrogen-bond acceptors (Lipinski definition) is 5. The lowest BCUT2D eigenvalue weighted by atomic mass is 9.77. The number of esters is 2. The van der Waals surface area contributed by atoms with Gasteiger partial charge in [-0.3, -0.25) is 14.4 Å². The van der Waals surface area contributed by atoms with Gasteiger partial charge in [-0.05, 0) is 24.5 Å². The monoisotopic (exact) mass is 316 g/mol. The normalized spacial score (nSPS) is 18.8. The van der Waals surface area contributed by atoms with Crippen molar-refractivity contribution in [1.29, 1.82) is 0 Å². The first-order chi connectivity index (χ1) is 11.1. The number of ketones is 1. The summed E-state index contributed by atoms with van der Waals surface area (Å²) in [6.07, 6.45) is 2.57. The summed E-state index contributed by atoms with van der Waals surface area (Å²) >= 11 is 0. The molecule has 0 aliphatic heterocycles. The summed E-state index contributed by atoms with van der Waals surface area (Å²) < 4.78 is 9.93. The van der Waals surface area contributed by atoms with Gasteiger partial charge in [0.2, 0.25) is 0 Å². The van der Waals surface area contributed by atoms with Crippen LogP contribution in [0.2, 0.25) is 0 Å². The largest absolute Gasteiger partial charge is 0.468 e. The molecule has 0 amide bonds. The molecule has 5 heteroatoms. The molecule has 0 aromatic heterocycles. The fraction of sp³-hybridized carbons (Fsp3) is 0.389. The summed E-state index contributed by atoms with van der Waals surface area (Å²) in [6, 6.07) is 9.00. The lowest BCUT2D eigenvalue weighted by Gasteiger charge is -2.27. The van der Waals surface area contributed by atoms with E-state index in [1.165, 1.54) is 7.11 Å². The first kappa shape index (κ1) is 16.9. The van der Waals surface area contributed by atoms with E-state index in [-0.39, 0.29) is 18.8 Å². The number of ether oxygens (including phenoxy) is 2. The number of carbonyl (C=O) groups excluding carboxylic acids is 3. The molecule has 0 saturated carbocycles. The summed E-state index contributed by atoms with van der Waals surface area (Å²) in [6.45, 7) is 1.87. The van der Waals surface area contributed by atoms with Gasteiger partial charge in [0.15, 0.2) is 5.78 Å². The molecule has 0 fully saturated rings. The van der Waals surface area contributed by atoms with Crippen LogP contribution in [0.5, 0.6) is 0 Å². The second kappa shape index (κ2) is 7.72. The summed E-state index contributed by atoms with van der Waals surface area (Å²) in [5, 5.41) is 0. The molecule has 2 atom stereocenters. The van der Waals surface area contributed by atoms with Crippen LogP contribution >= 0.6 is 0 Å². The lowest BCUT2D eigenvalue weighted by Crippen LogP contribution is -2.34. The van der Waals surface area contributed by atoms with E-state index in [0.29, 0.717) is 17.6 Å². The number of methoxy groups -OCH3 is 1. The standard InChI is InChI=1S/C18H20O5/c1-3-23-18(21)16-13(10-7-11-14(16)19)15(17(20)22-2)12-8-5-4-6-9-12/h4-6,8-10,15-16H,3,7,11H2,1-2H3. The Morgan fingerprint density at radius 1 is 1.26 bits per heavy atom. The molecule has 1 aliphatic carbocycles. The molecule has 1 aliphatic rings. The highest BCUT2D eigenvalue weighted by molar-refractivity contribution is 6.04. The van der Waals surface area contributed by atoms with Crippen molar-refractivity contribution < 1.29 is 23.9 Å². The van der Waals surface area contributed by atoms with Crippen LogP contribution in [0.3, 0.4) is 0 Å². The molecule has 122 valence electrons. The van der Waals surface area contributed by atoms with Crippen molar-refractivity contribution in [3.8, 4) is 0 Å². The van der Waals surface area contributed by atoms with Crippen LogP contribution in [0, 0.1) is 5.92 Å². The van der Waals surface area contributed by atoms with E-state index < -0.39 is 23.8 Å². The smallest absolute Gasteiger partial charge is 0.320 e. The fourth-order valence-corrected chi connectivity index (χ4v) is 2.83. The van der Waals surface area contributed by atoms with Crippen LogP contribution in [0.1, 0.15) is 31.2 Å². The molecule has 0 bridgehead atoms. The maximum atomic E-state index is 12.3. The van der Waals surface area contributed by atoms with Gasteiger partial charge >= 0.3 is 11.9 Å². The zero-order valence-corrected chi connectivity index (χ0v) is 13.3. The summed E-state index contributed by atoms with van der Waals surface area (Å²) in [7, 11) is 1.29.